The molecule has 0 bridgehead atoms. The lowest BCUT2D eigenvalue weighted by Gasteiger charge is -2.19. The largest absolute Gasteiger partial charge is 0.493 e. The molecule has 0 aliphatic heterocycles. The standard InChI is InChI=1S/C13H24N4O/c1-6-7-11(14-2)13-12(18-5)10-15-17(13)9-8-16(3)4/h6,10-11,14H,1,7-9H2,2-5H3. The molecule has 0 saturated heterocycles. The molecule has 1 rings (SSSR count). The highest BCUT2D eigenvalue weighted by Crippen LogP contribution is 2.27. The minimum absolute atomic E-state index is 0.183. The summed E-state index contributed by atoms with van der Waals surface area (Å²) in [7, 11) is 7.73. The average Bonchev–Trinajstić information content (AvgIpc) is 2.76. The van der Waals surface area contributed by atoms with Gasteiger partial charge in [-0.1, -0.05) is 6.08 Å². The molecule has 0 aromatic carbocycles. The fourth-order valence-electron chi connectivity index (χ4n) is 1.89. The van der Waals surface area contributed by atoms with Crippen LogP contribution in [0.15, 0.2) is 18.9 Å². The van der Waals surface area contributed by atoms with Crippen molar-refractivity contribution < 1.29 is 4.74 Å². The van der Waals surface area contributed by atoms with Crippen LogP contribution in [0.25, 0.3) is 0 Å². The molecule has 0 radical (unpaired) electrons. The summed E-state index contributed by atoms with van der Waals surface area (Å²) in [5, 5.41) is 7.68. The van der Waals surface area contributed by atoms with E-state index < -0.39 is 0 Å². The number of ether oxygens (including phenoxy) is 1. The van der Waals surface area contributed by atoms with Crippen molar-refractivity contribution >= 4 is 0 Å². The molecule has 0 spiro atoms. The first kappa shape index (κ1) is 14.7. The monoisotopic (exact) mass is 252 g/mol. The third-order valence-corrected chi connectivity index (χ3v) is 2.90. The molecule has 0 amide bonds. The number of nitrogens with zero attached hydrogens (tertiary/aromatic N) is 3. The molecule has 0 aliphatic carbocycles. The molecular formula is C13H24N4O. The Bertz CT molecular complexity index is 373. The molecule has 18 heavy (non-hydrogen) atoms. The van der Waals surface area contributed by atoms with E-state index in [4.69, 9.17) is 4.74 Å². The molecule has 1 heterocycles. The number of likely N-dealkylation sites (N-methyl/N-ethyl adjacent to an activating group) is 1. The molecule has 1 unspecified atom stereocenters. The summed E-state index contributed by atoms with van der Waals surface area (Å²) in [6, 6.07) is 0.183. The Morgan fingerprint density at radius 1 is 1.61 bits per heavy atom. The first-order valence-corrected chi connectivity index (χ1v) is 6.16. The molecule has 1 aromatic rings. The average molecular weight is 252 g/mol. The molecule has 0 fully saturated rings. The summed E-state index contributed by atoms with van der Waals surface area (Å²) < 4.78 is 7.39. The number of hydrogen-bond acceptors (Lipinski definition) is 4. The van der Waals surface area contributed by atoms with Gasteiger partial charge in [0.05, 0.1) is 31.6 Å². The minimum atomic E-state index is 0.183. The van der Waals surface area contributed by atoms with Crippen molar-refractivity contribution in [2.45, 2.75) is 19.0 Å². The normalized spacial score (nSPS) is 12.7. The molecule has 1 atom stereocenters. The van der Waals surface area contributed by atoms with E-state index in [-0.39, 0.29) is 6.04 Å². The Hall–Kier alpha value is -1.33. The number of hydrogen-bond donors (Lipinski definition) is 1. The van der Waals surface area contributed by atoms with Gasteiger partial charge in [0.1, 0.15) is 0 Å². The summed E-state index contributed by atoms with van der Waals surface area (Å²) in [6.45, 7) is 5.59. The second-order valence-corrected chi connectivity index (χ2v) is 4.49. The van der Waals surface area contributed by atoms with Gasteiger partial charge in [-0.15, -0.1) is 6.58 Å². The van der Waals surface area contributed by atoms with E-state index in [2.05, 4.69) is 36.0 Å². The van der Waals surface area contributed by atoms with Gasteiger partial charge in [-0.25, -0.2) is 0 Å². The summed E-state index contributed by atoms with van der Waals surface area (Å²) >= 11 is 0. The van der Waals surface area contributed by atoms with E-state index in [0.29, 0.717) is 0 Å². The predicted octanol–water partition coefficient (Wildman–Crippen LogP) is 1.29. The van der Waals surface area contributed by atoms with Gasteiger partial charge in [0.2, 0.25) is 0 Å². The van der Waals surface area contributed by atoms with E-state index in [1.54, 1.807) is 13.3 Å². The third kappa shape index (κ3) is 3.58. The maximum atomic E-state index is 5.39. The lowest BCUT2D eigenvalue weighted by Crippen LogP contribution is -2.24. The van der Waals surface area contributed by atoms with Crippen LogP contribution in [0.2, 0.25) is 0 Å². The first-order valence-electron chi connectivity index (χ1n) is 6.16. The zero-order valence-corrected chi connectivity index (χ0v) is 11.8. The molecule has 5 nitrogen and oxygen atoms in total. The van der Waals surface area contributed by atoms with Crippen LogP contribution in [0.4, 0.5) is 0 Å². The van der Waals surface area contributed by atoms with Crippen LogP contribution < -0.4 is 10.1 Å². The van der Waals surface area contributed by atoms with Crippen LogP contribution in [-0.4, -0.2) is 49.5 Å². The molecular weight excluding hydrogens is 228 g/mol. The molecule has 1 aromatic heterocycles. The van der Waals surface area contributed by atoms with Crippen molar-refractivity contribution in [2.24, 2.45) is 0 Å². The van der Waals surface area contributed by atoms with Crippen LogP contribution in [0, 0.1) is 0 Å². The highest BCUT2D eigenvalue weighted by Gasteiger charge is 2.19. The van der Waals surface area contributed by atoms with Gasteiger partial charge in [-0.2, -0.15) is 5.10 Å². The molecule has 1 N–H and O–H groups in total. The number of nitrogens with one attached hydrogen (secondary N) is 1. The predicted molar refractivity (Wildman–Crippen MR) is 73.9 cm³/mol. The maximum Gasteiger partial charge on any atom is 0.161 e. The topological polar surface area (TPSA) is 42.3 Å². The van der Waals surface area contributed by atoms with Gasteiger partial charge in [-0.05, 0) is 27.6 Å². The fourth-order valence-corrected chi connectivity index (χ4v) is 1.89. The Morgan fingerprint density at radius 3 is 2.83 bits per heavy atom. The lowest BCUT2D eigenvalue weighted by atomic mass is 10.1. The Kier molecular flexibility index (Phi) is 5.88. The van der Waals surface area contributed by atoms with Crippen molar-refractivity contribution in [1.82, 2.24) is 20.0 Å². The third-order valence-electron chi connectivity index (χ3n) is 2.90. The number of methoxy groups -OCH3 is 1. The van der Waals surface area contributed by atoms with Gasteiger partial charge >= 0.3 is 0 Å². The van der Waals surface area contributed by atoms with E-state index in [0.717, 1.165) is 31.0 Å². The van der Waals surface area contributed by atoms with Crippen molar-refractivity contribution in [3.05, 3.63) is 24.5 Å². The Balaban J connectivity index is 2.96. The lowest BCUT2D eigenvalue weighted by molar-refractivity contribution is 0.356. The number of aromatic nitrogens is 2. The summed E-state index contributed by atoms with van der Waals surface area (Å²) in [6.07, 6.45) is 4.53. The summed E-state index contributed by atoms with van der Waals surface area (Å²) in [5.74, 6) is 0.829. The van der Waals surface area contributed by atoms with Crippen LogP contribution in [0.1, 0.15) is 18.2 Å². The minimum Gasteiger partial charge on any atom is -0.493 e. The van der Waals surface area contributed by atoms with Crippen molar-refractivity contribution in [1.29, 1.82) is 0 Å². The van der Waals surface area contributed by atoms with Gasteiger partial charge in [0.15, 0.2) is 5.75 Å². The van der Waals surface area contributed by atoms with Crippen molar-refractivity contribution in [3.63, 3.8) is 0 Å². The zero-order valence-electron chi connectivity index (χ0n) is 11.8. The second kappa shape index (κ2) is 7.18. The smallest absolute Gasteiger partial charge is 0.161 e. The van der Waals surface area contributed by atoms with Gasteiger partial charge in [0, 0.05) is 6.54 Å². The van der Waals surface area contributed by atoms with E-state index in [1.807, 2.05) is 17.8 Å². The van der Waals surface area contributed by atoms with E-state index >= 15 is 0 Å². The van der Waals surface area contributed by atoms with Crippen LogP contribution in [0.5, 0.6) is 5.75 Å². The molecule has 0 saturated carbocycles. The zero-order chi connectivity index (χ0) is 13.5. The summed E-state index contributed by atoms with van der Waals surface area (Å²) in [4.78, 5) is 2.14. The Labute approximate surface area is 109 Å². The SMILES string of the molecule is C=CCC(NC)c1c(OC)cnn1CCN(C)C. The van der Waals surface area contributed by atoms with Crippen molar-refractivity contribution in [2.75, 3.05) is 34.8 Å². The quantitative estimate of drug-likeness (QED) is 0.708. The second-order valence-electron chi connectivity index (χ2n) is 4.49. The van der Waals surface area contributed by atoms with Gasteiger partial charge in [0.25, 0.3) is 0 Å². The van der Waals surface area contributed by atoms with Crippen LogP contribution >= 0.6 is 0 Å². The molecule has 0 aliphatic rings. The maximum absolute atomic E-state index is 5.39. The van der Waals surface area contributed by atoms with Crippen molar-refractivity contribution in [3.8, 4) is 5.75 Å². The van der Waals surface area contributed by atoms with Crippen LogP contribution in [-0.2, 0) is 6.54 Å². The molecule has 5 heteroatoms. The fraction of sp³-hybridized carbons (Fsp3) is 0.615. The first-order chi connectivity index (χ1) is 8.63. The van der Waals surface area contributed by atoms with E-state index in [9.17, 15) is 0 Å². The number of rotatable bonds is 8. The van der Waals surface area contributed by atoms with Gasteiger partial charge < -0.3 is 15.0 Å². The highest BCUT2D eigenvalue weighted by molar-refractivity contribution is 5.28. The molecule has 102 valence electrons. The highest BCUT2D eigenvalue weighted by atomic mass is 16.5. The van der Waals surface area contributed by atoms with E-state index in [1.165, 1.54) is 0 Å². The Morgan fingerprint density at radius 2 is 2.33 bits per heavy atom. The van der Waals surface area contributed by atoms with Crippen LogP contribution in [0.3, 0.4) is 0 Å². The summed E-state index contributed by atoms with van der Waals surface area (Å²) in [5.41, 5.74) is 1.08. The van der Waals surface area contributed by atoms with Gasteiger partial charge in [-0.3, -0.25) is 4.68 Å².